The third-order valence-corrected chi connectivity index (χ3v) is 4.14. The smallest absolute Gasteiger partial charge is 0.160 e. The number of nitrogens with zero attached hydrogens (tertiary/aromatic N) is 1. The summed E-state index contributed by atoms with van der Waals surface area (Å²) in [4.78, 5) is 4.17. The lowest BCUT2D eigenvalue weighted by atomic mass is 9.93. The SMILES string of the molecule is N=C(/C=C(\NCc1ccccc1F)C1C=CC=CC1F)C1N=CC=CN1. The van der Waals surface area contributed by atoms with Crippen molar-refractivity contribution in [3.63, 3.8) is 0 Å². The van der Waals surface area contributed by atoms with Gasteiger partial charge in [-0.15, -0.1) is 0 Å². The first-order valence-corrected chi connectivity index (χ1v) is 8.36. The standard InChI is InChI=1S/C20H20F2N4/c21-16-8-3-1-6-14(16)13-26-19(15-7-2-4-9-17(15)22)12-18(23)20-24-10-5-11-25-20/h1-12,15,17,20,23-24,26H,13H2/b19-12-,23-18?. The summed E-state index contributed by atoms with van der Waals surface area (Å²) in [6.07, 6.45) is 11.5. The summed E-state index contributed by atoms with van der Waals surface area (Å²) in [5.74, 6) is -0.885. The number of halogens is 2. The maximum atomic E-state index is 14.4. The van der Waals surface area contributed by atoms with Crippen LogP contribution in [0.25, 0.3) is 0 Å². The molecule has 1 aromatic carbocycles. The van der Waals surface area contributed by atoms with Crippen LogP contribution in [0.4, 0.5) is 8.78 Å². The number of aliphatic imine (C=N–C) groups is 1. The Kier molecular flexibility index (Phi) is 5.73. The third kappa shape index (κ3) is 4.33. The Morgan fingerprint density at radius 2 is 2.04 bits per heavy atom. The number of allylic oxidation sites excluding steroid dienone is 5. The van der Waals surface area contributed by atoms with E-state index in [-0.39, 0.29) is 18.1 Å². The minimum Gasteiger partial charge on any atom is -0.384 e. The van der Waals surface area contributed by atoms with Crippen molar-refractivity contribution in [2.24, 2.45) is 10.9 Å². The highest BCUT2D eigenvalue weighted by Crippen LogP contribution is 2.23. The van der Waals surface area contributed by atoms with Gasteiger partial charge in [0.25, 0.3) is 0 Å². The summed E-state index contributed by atoms with van der Waals surface area (Å²) in [7, 11) is 0. The molecular weight excluding hydrogens is 334 g/mol. The summed E-state index contributed by atoms with van der Waals surface area (Å²) in [5.41, 5.74) is 1.18. The van der Waals surface area contributed by atoms with Crippen LogP contribution in [0.3, 0.4) is 0 Å². The van der Waals surface area contributed by atoms with E-state index in [1.165, 1.54) is 12.1 Å². The van der Waals surface area contributed by atoms with E-state index in [4.69, 9.17) is 5.41 Å². The van der Waals surface area contributed by atoms with Crippen molar-refractivity contribution < 1.29 is 8.78 Å². The topological polar surface area (TPSA) is 60.3 Å². The molecule has 0 spiro atoms. The zero-order valence-corrected chi connectivity index (χ0v) is 14.1. The Bertz CT molecular complexity index is 808. The molecule has 0 saturated heterocycles. The number of nitrogens with one attached hydrogen (secondary N) is 3. The molecule has 1 heterocycles. The fourth-order valence-corrected chi connectivity index (χ4v) is 2.74. The minimum absolute atomic E-state index is 0.191. The molecule has 3 N–H and O–H groups in total. The molecule has 134 valence electrons. The van der Waals surface area contributed by atoms with Crippen LogP contribution in [0.2, 0.25) is 0 Å². The summed E-state index contributed by atoms with van der Waals surface area (Å²) in [6.45, 7) is 0.202. The summed E-state index contributed by atoms with van der Waals surface area (Å²) >= 11 is 0. The van der Waals surface area contributed by atoms with Gasteiger partial charge in [0.2, 0.25) is 0 Å². The van der Waals surface area contributed by atoms with Gasteiger partial charge in [-0.1, -0.05) is 36.4 Å². The van der Waals surface area contributed by atoms with Gasteiger partial charge in [-0.3, -0.25) is 4.99 Å². The molecule has 26 heavy (non-hydrogen) atoms. The Labute approximate surface area is 151 Å². The number of hydrogen-bond acceptors (Lipinski definition) is 4. The average molecular weight is 354 g/mol. The molecule has 0 saturated carbocycles. The predicted molar refractivity (Wildman–Crippen MR) is 100 cm³/mol. The van der Waals surface area contributed by atoms with Gasteiger partial charge in [-0.2, -0.15) is 0 Å². The van der Waals surface area contributed by atoms with Gasteiger partial charge in [0.15, 0.2) is 6.17 Å². The highest BCUT2D eigenvalue weighted by molar-refractivity contribution is 5.98. The fourth-order valence-electron chi connectivity index (χ4n) is 2.74. The van der Waals surface area contributed by atoms with E-state index < -0.39 is 18.3 Å². The van der Waals surface area contributed by atoms with Crippen LogP contribution >= 0.6 is 0 Å². The van der Waals surface area contributed by atoms with Gasteiger partial charge in [-0.25, -0.2) is 8.78 Å². The largest absolute Gasteiger partial charge is 0.384 e. The highest BCUT2D eigenvalue weighted by atomic mass is 19.1. The van der Waals surface area contributed by atoms with Gasteiger partial charge in [0.1, 0.15) is 12.0 Å². The molecule has 0 aromatic heterocycles. The van der Waals surface area contributed by atoms with Crippen molar-refractivity contribution in [1.29, 1.82) is 5.41 Å². The molecule has 1 aliphatic heterocycles. The normalized spacial score (nSPS) is 24.4. The molecule has 0 fully saturated rings. The van der Waals surface area contributed by atoms with Crippen LogP contribution < -0.4 is 10.6 Å². The van der Waals surface area contributed by atoms with Crippen LogP contribution in [0, 0.1) is 17.1 Å². The molecular formula is C20H20F2N4. The van der Waals surface area contributed by atoms with Gasteiger partial charge in [0, 0.05) is 24.0 Å². The van der Waals surface area contributed by atoms with Crippen molar-refractivity contribution in [3.05, 3.63) is 84.0 Å². The van der Waals surface area contributed by atoms with E-state index in [1.54, 1.807) is 61.0 Å². The Morgan fingerprint density at radius 1 is 1.23 bits per heavy atom. The van der Waals surface area contributed by atoms with E-state index in [0.29, 0.717) is 11.3 Å². The molecule has 2 aliphatic rings. The molecule has 0 amide bonds. The molecule has 4 nitrogen and oxygen atoms in total. The molecule has 1 aromatic rings. The first-order valence-electron chi connectivity index (χ1n) is 8.36. The third-order valence-electron chi connectivity index (χ3n) is 4.14. The maximum Gasteiger partial charge on any atom is 0.160 e. The Hall–Kier alpha value is -3.02. The summed E-state index contributed by atoms with van der Waals surface area (Å²) in [6, 6.07) is 6.43. The van der Waals surface area contributed by atoms with Gasteiger partial charge >= 0.3 is 0 Å². The van der Waals surface area contributed by atoms with Crippen molar-refractivity contribution in [1.82, 2.24) is 10.6 Å². The first-order chi connectivity index (χ1) is 12.6. The van der Waals surface area contributed by atoms with Crippen LogP contribution in [-0.4, -0.2) is 24.3 Å². The Balaban J connectivity index is 1.80. The first kappa shape index (κ1) is 17.8. The zero-order valence-electron chi connectivity index (χ0n) is 14.1. The monoisotopic (exact) mass is 354 g/mol. The number of alkyl halides is 1. The molecule has 1 aliphatic carbocycles. The maximum absolute atomic E-state index is 14.4. The Morgan fingerprint density at radius 3 is 2.77 bits per heavy atom. The lowest BCUT2D eigenvalue weighted by Crippen LogP contribution is -2.34. The predicted octanol–water partition coefficient (Wildman–Crippen LogP) is 3.41. The van der Waals surface area contributed by atoms with E-state index in [2.05, 4.69) is 15.6 Å². The second-order valence-electron chi connectivity index (χ2n) is 5.97. The van der Waals surface area contributed by atoms with Crippen molar-refractivity contribution in [2.75, 3.05) is 0 Å². The van der Waals surface area contributed by atoms with E-state index in [1.807, 2.05) is 0 Å². The second-order valence-corrected chi connectivity index (χ2v) is 5.97. The molecule has 3 unspecified atom stereocenters. The van der Waals surface area contributed by atoms with Crippen LogP contribution in [0.15, 0.2) is 77.6 Å². The lowest BCUT2D eigenvalue weighted by molar-refractivity contribution is 0.336. The van der Waals surface area contributed by atoms with Gasteiger partial charge in [0.05, 0.1) is 11.6 Å². The molecule has 6 heteroatoms. The quantitative estimate of drug-likeness (QED) is 0.686. The fraction of sp³-hybridized carbons (Fsp3) is 0.200. The highest BCUT2D eigenvalue weighted by Gasteiger charge is 2.23. The minimum atomic E-state index is -1.21. The number of hydrogen-bond donors (Lipinski definition) is 3. The van der Waals surface area contributed by atoms with E-state index >= 15 is 0 Å². The van der Waals surface area contributed by atoms with Crippen LogP contribution in [0.1, 0.15) is 5.56 Å². The average Bonchev–Trinajstić information content (AvgIpc) is 2.67. The second kappa shape index (κ2) is 8.38. The summed E-state index contributed by atoms with van der Waals surface area (Å²) in [5, 5.41) is 14.3. The summed E-state index contributed by atoms with van der Waals surface area (Å²) < 4.78 is 28.3. The van der Waals surface area contributed by atoms with Crippen molar-refractivity contribution in [3.8, 4) is 0 Å². The van der Waals surface area contributed by atoms with Crippen LogP contribution in [0.5, 0.6) is 0 Å². The molecule has 0 bridgehead atoms. The molecule has 3 rings (SSSR count). The van der Waals surface area contributed by atoms with Gasteiger partial charge in [-0.05, 0) is 30.5 Å². The zero-order chi connectivity index (χ0) is 18.4. The van der Waals surface area contributed by atoms with Gasteiger partial charge < -0.3 is 16.0 Å². The molecule has 3 atom stereocenters. The number of benzene rings is 1. The van der Waals surface area contributed by atoms with Crippen LogP contribution in [-0.2, 0) is 6.54 Å². The van der Waals surface area contributed by atoms with Crippen molar-refractivity contribution >= 4 is 11.9 Å². The lowest BCUT2D eigenvalue weighted by Gasteiger charge is -2.24. The molecule has 0 radical (unpaired) electrons. The number of rotatable bonds is 6. The van der Waals surface area contributed by atoms with E-state index in [9.17, 15) is 8.78 Å². The van der Waals surface area contributed by atoms with E-state index in [0.717, 1.165) is 0 Å². The van der Waals surface area contributed by atoms with Crippen molar-refractivity contribution in [2.45, 2.75) is 18.9 Å².